The van der Waals surface area contributed by atoms with Crippen LogP contribution < -0.4 is 4.90 Å². The van der Waals surface area contributed by atoms with Crippen LogP contribution in [0.3, 0.4) is 0 Å². The van der Waals surface area contributed by atoms with Gasteiger partial charge < -0.3 is 9.80 Å². The minimum Gasteiger partial charge on any atom is -0.352 e. The van der Waals surface area contributed by atoms with Crippen LogP contribution in [0, 0.1) is 0 Å². The van der Waals surface area contributed by atoms with Crippen molar-refractivity contribution in [3.63, 3.8) is 0 Å². The summed E-state index contributed by atoms with van der Waals surface area (Å²) in [6.45, 7) is 2.61. The number of carbonyl (C=O) groups is 1. The Hall–Kier alpha value is -2.22. The highest BCUT2D eigenvalue weighted by Crippen LogP contribution is 2.27. The van der Waals surface area contributed by atoms with E-state index in [9.17, 15) is 4.79 Å². The fraction of sp³-hybridized carbons (Fsp3) is 0.263. The first kappa shape index (κ1) is 19.1. The summed E-state index contributed by atoms with van der Waals surface area (Å²) in [6.07, 6.45) is 5.40. The molecule has 4 heterocycles. The molecule has 9 heteroatoms. The van der Waals surface area contributed by atoms with E-state index in [0.717, 1.165) is 16.3 Å². The maximum absolute atomic E-state index is 12.7. The van der Waals surface area contributed by atoms with Gasteiger partial charge in [0.25, 0.3) is 0 Å². The van der Waals surface area contributed by atoms with E-state index >= 15 is 0 Å². The number of thiazole rings is 1. The molecule has 4 rings (SSSR count). The number of hydrogen-bond acceptors (Lipinski definition) is 6. The van der Waals surface area contributed by atoms with Crippen molar-refractivity contribution in [2.75, 3.05) is 31.1 Å². The zero-order valence-electron chi connectivity index (χ0n) is 14.9. The van der Waals surface area contributed by atoms with E-state index < -0.39 is 0 Å². The van der Waals surface area contributed by atoms with Gasteiger partial charge in [0, 0.05) is 55.7 Å². The number of nitrogens with zero attached hydrogens (tertiary/aromatic N) is 5. The second kappa shape index (κ2) is 8.43. The Kier molecular flexibility index (Phi) is 5.75. The van der Waals surface area contributed by atoms with Gasteiger partial charge >= 0.3 is 0 Å². The van der Waals surface area contributed by atoms with Gasteiger partial charge in [-0.25, -0.2) is 9.97 Å². The quantitative estimate of drug-likeness (QED) is 0.625. The molecule has 144 valence electrons. The Labute approximate surface area is 176 Å². The molecule has 1 saturated heterocycles. The summed E-state index contributed by atoms with van der Waals surface area (Å²) in [5.74, 6) is 0.789. The zero-order valence-corrected chi connectivity index (χ0v) is 17.2. The summed E-state index contributed by atoms with van der Waals surface area (Å²) < 4.78 is 0. The first-order valence-corrected chi connectivity index (χ1v) is 10.4. The van der Waals surface area contributed by atoms with E-state index in [0.29, 0.717) is 48.5 Å². The zero-order chi connectivity index (χ0) is 19.5. The number of hydrogen-bond donors (Lipinski definition) is 0. The van der Waals surface area contributed by atoms with Crippen LogP contribution in [0.4, 0.5) is 5.82 Å². The second-order valence-electron chi connectivity index (χ2n) is 6.39. The molecular weight excluding hydrogens is 417 g/mol. The Morgan fingerprint density at radius 1 is 1.18 bits per heavy atom. The van der Waals surface area contributed by atoms with Crippen molar-refractivity contribution in [1.82, 2.24) is 19.9 Å². The van der Waals surface area contributed by atoms with Crippen molar-refractivity contribution in [2.24, 2.45) is 0 Å². The van der Waals surface area contributed by atoms with Crippen molar-refractivity contribution < 1.29 is 4.79 Å². The third-order valence-corrected chi connectivity index (χ3v) is 5.94. The third-order valence-electron chi connectivity index (χ3n) is 4.51. The van der Waals surface area contributed by atoms with E-state index in [2.05, 4.69) is 19.9 Å². The lowest BCUT2D eigenvalue weighted by atomic mass is 10.2. The summed E-state index contributed by atoms with van der Waals surface area (Å²) in [5.41, 5.74) is 1.76. The standard InChI is InChI=1S/C19H17Cl2N5OS/c20-14-8-16(21)18(23-11-14)26-6-4-25(5-7-26)17(27)9-15-12-28-19(24-15)13-2-1-3-22-10-13/h1-3,8,10-12H,4-7,9H2. The van der Waals surface area contributed by atoms with Crippen LogP contribution in [0.15, 0.2) is 42.2 Å². The van der Waals surface area contributed by atoms with Gasteiger partial charge in [-0.2, -0.15) is 0 Å². The smallest absolute Gasteiger partial charge is 0.228 e. The molecule has 6 nitrogen and oxygen atoms in total. The van der Waals surface area contributed by atoms with Crippen molar-refractivity contribution in [3.05, 3.63) is 57.9 Å². The van der Waals surface area contributed by atoms with Gasteiger partial charge in [0.15, 0.2) is 0 Å². The van der Waals surface area contributed by atoms with Gasteiger partial charge in [-0.3, -0.25) is 9.78 Å². The summed E-state index contributed by atoms with van der Waals surface area (Å²) in [4.78, 5) is 29.6. The van der Waals surface area contributed by atoms with E-state index in [1.165, 1.54) is 11.3 Å². The third kappa shape index (κ3) is 4.27. The number of aromatic nitrogens is 3. The SMILES string of the molecule is O=C(Cc1csc(-c2cccnc2)n1)N1CCN(c2ncc(Cl)cc2Cl)CC1. The van der Waals surface area contributed by atoms with Crippen LogP contribution in [-0.2, 0) is 11.2 Å². The molecule has 0 N–H and O–H groups in total. The summed E-state index contributed by atoms with van der Waals surface area (Å²) >= 11 is 13.7. The molecule has 0 aromatic carbocycles. The number of carbonyl (C=O) groups excluding carboxylic acids is 1. The molecule has 1 aliphatic heterocycles. The molecule has 0 aliphatic carbocycles. The van der Waals surface area contributed by atoms with Gasteiger partial charge in [-0.05, 0) is 18.2 Å². The predicted octanol–water partition coefficient (Wildman–Crippen LogP) is 3.80. The second-order valence-corrected chi connectivity index (χ2v) is 8.09. The topological polar surface area (TPSA) is 62.2 Å². The van der Waals surface area contributed by atoms with Crippen LogP contribution in [-0.4, -0.2) is 51.9 Å². The number of piperazine rings is 1. The Morgan fingerprint density at radius 2 is 2.00 bits per heavy atom. The van der Waals surface area contributed by atoms with Gasteiger partial charge in [-0.1, -0.05) is 23.2 Å². The highest BCUT2D eigenvalue weighted by molar-refractivity contribution is 7.13. The summed E-state index contributed by atoms with van der Waals surface area (Å²) in [5, 5.41) is 3.85. The summed E-state index contributed by atoms with van der Waals surface area (Å²) in [6, 6.07) is 5.53. The molecule has 28 heavy (non-hydrogen) atoms. The van der Waals surface area contributed by atoms with E-state index in [4.69, 9.17) is 23.2 Å². The number of rotatable bonds is 4. The lowest BCUT2D eigenvalue weighted by Gasteiger charge is -2.35. The fourth-order valence-electron chi connectivity index (χ4n) is 3.08. The molecule has 1 aliphatic rings. The minimum absolute atomic E-state index is 0.0813. The van der Waals surface area contributed by atoms with E-state index in [1.807, 2.05) is 22.4 Å². The Morgan fingerprint density at radius 3 is 2.71 bits per heavy atom. The Balaban J connectivity index is 1.35. The molecule has 3 aromatic heterocycles. The molecule has 0 bridgehead atoms. The largest absolute Gasteiger partial charge is 0.352 e. The van der Waals surface area contributed by atoms with Crippen LogP contribution >= 0.6 is 34.5 Å². The van der Waals surface area contributed by atoms with Crippen LogP contribution in [0.25, 0.3) is 10.6 Å². The van der Waals surface area contributed by atoms with Crippen LogP contribution in [0.2, 0.25) is 10.0 Å². The monoisotopic (exact) mass is 433 g/mol. The molecule has 0 radical (unpaired) electrons. The van der Waals surface area contributed by atoms with Crippen molar-refractivity contribution in [3.8, 4) is 10.6 Å². The first-order chi connectivity index (χ1) is 13.6. The lowest BCUT2D eigenvalue weighted by molar-refractivity contribution is -0.130. The average molecular weight is 434 g/mol. The van der Waals surface area contributed by atoms with Gasteiger partial charge in [-0.15, -0.1) is 11.3 Å². The minimum atomic E-state index is 0.0813. The van der Waals surface area contributed by atoms with Crippen molar-refractivity contribution >= 4 is 46.3 Å². The molecular formula is C19H17Cl2N5OS. The molecule has 3 aromatic rings. The highest BCUT2D eigenvalue weighted by atomic mass is 35.5. The molecule has 0 unspecified atom stereocenters. The van der Waals surface area contributed by atoms with E-state index in [-0.39, 0.29) is 5.91 Å². The van der Waals surface area contributed by atoms with Crippen LogP contribution in [0.5, 0.6) is 0 Å². The molecule has 1 amide bonds. The fourth-order valence-corrected chi connectivity index (χ4v) is 4.39. The van der Waals surface area contributed by atoms with Crippen molar-refractivity contribution in [2.45, 2.75) is 6.42 Å². The summed E-state index contributed by atoms with van der Waals surface area (Å²) in [7, 11) is 0. The van der Waals surface area contributed by atoms with Crippen LogP contribution in [0.1, 0.15) is 5.69 Å². The lowest BCUT2D eigenvalue weighted by Crippen LogP contribution is -2.49. The maximum atomic E-state index is 12.7. The average Bonchev–Trinajstić information content (AvgIpc) is 3.17. The number of pyridine rings is 2. The Bertz CT molecular complexity index is 973. The number of amides is 1. The van der Waals surface area contributed by atoms with Gasteiger partial charge in [0.2, 0.25) is 5.91 Å². The molecule has 0 saturated carbocycles. The highest BCUT2D eigenvalue weighted by Gasteiger charge is 2.24. The molecule has 1 fully saturated rings. The molecule has 0 atom stereocenters. The normalized spacial score (nSPS) is 14.4. The number of anilines is 1. The number of halogens is 2. The van der Waals surface area contributed by atoms with Gasteiger partial charge in [0.05, 0.1) is 22.2 Å². The molecule has 0 spiro atoms. The van der Waals surface area contributed by atoms with Gasteiger partial charge in [0.1, 0.15) is 10.8 Å². The first-order valence-electron chi connectivity index (χ1n) is 8.79. The van der Waals surface area contributed by atoms with E-state index in [1.54, 1.807) is 24.7 Å². The van der Waals surface area contributed by atoms with Crippen molar-refractivity contribution in [1.29, 1.82) is 0 Å². The predicted molar refractivity (Wildman–Crippen MR) is 112 cm³/mol. The maximum Gasteiger partial charge on any atom is 0.228 e.